The molecule has 3 rings (SSSR count). The SMILES string of the molecule is Cc1ccc(F)cc1N1C(=O)CSC1c1ccc(F)cc1. The van der Waals surface area contributed by atoms with E-state index in [1.807, 2.05) is 6.92 Å². The predicted octanol–water partition coefficient (Wildman–Crippen LogP) is 4.05. The Bertz CT molecular complexity index is 687. The number of carbonyl (C=O) groups excluding carboxylic acids is 1. The second kappa shape index (κ2) is 5.48. The van der Waals surface area contributed by atoms with Crippen molar-refractivity contribution in [1.82, 2.24) is 0 Å². The summed E-state index contributed by atoms with van der Waals surface area (Å²) in [6.45, 7) is 1.84. The van der Waals surface area contributed by atoms with Crippen LogP contribution in [0.3, 0.4) is 0 Å². The first-order chi connectivity index (χ1) is 10.1. The van der Waals surface area contributed by atoms with Crippen molar-refractivity contribution >= 4 is 23.4 Å². The van der Waals surface area contributed by atoms with Gasteiger partial charge in [0, 0.05) is 0 Å². The number of nitrogens with zero attached hydrogens (tertiary/aromatic N) is 1. The van der Waals surface area contributed by atoms with Crippen molar-refractivity contribution in [2.24, 2.45) is 0 Å². The van der Waals surface area contributed by atoms with E-state index in [9.17, 15) is 13.6 Å². The molecule has 2 aromatic rings. The summed E-state index contributed by atoms with van der Waals surface area (Å²) in [7, 11) is 0. The number of hydrogen-bond acceptors (Lipinski definition) is 2. The number of aryl methyl sites for hydroxylation is 1. The minimum Gasteiger partial charge on any atom is -0.295 e. The molecule has 1 heterocycles. The fourth-order valence-corrected chi connectivity index (χ4v) is 3.57. The zero-order valence-corrected chi connectivity index (χ0v) is 12.2. The number of hydrogen-bond donors (Lipinski definition) is 0. The minimum atomic E-state index is -0.377. The Labute approximate surface area is 125 Å². The maximum absolute atomic E-state index is 13.5. The van der Waals surface area contributed by atoms with Crippen molar-refractivity contribution < 1.29 is 13.6 Å². The van der Waals surface area contributed by atoms with E-state index in [0.717, 1.165) is 11.1 Å². The summed E-state index contributed by atoms with van der Waals surface area (Å²) in [4.78, 5) is 13.8. The summed E-state index contributed by atoms with van der Waals surface area (Å²) in [5.74, 6) is -0.430. The largest absolute Gasteiger partial charge is 0.295 e. The molecule has 1 unspecified atom stereocenters. The monoisotopic (exact) mass is 305 g/mol. The number of thioether (sulfide) groups is 1. The Morgan fingerprint density at radius 3 is 2.48 bits per heavy atom. The van der Waals surface area contributed by atoms with Gasteiger partial charge in [-0.1, -0.05) is 18.2 Å². The van der Waals surface area contributed by atoms with Crippen LogP contribution in [-0.2, 0) is 4.79 Å². The maximum atomic E-state index is 13.5. The first-order valence-corrected chi connectivity index (χ1v) is 7.56. The lowest BCUT2D eigenvalue weighted by molar-refractivity contribution is -0.115. The molecule has 0 aromatic heterocycles. The molecule has 1 amide bonds. The lowest BCUT2D eigenvalue weighted by Crippen LogP contribution is -2.28. The second-order valence-corrected chi connectivity index (χ2v) is 5.98. The predicted molar refractivity (Wildman–Crippen MR) is 80.2 cm³/mol. The van der Waals surface area contributed by atoms with Crippen LogP contribution in [0.15, 0.2) is 42.5 Å². The van der Waals surface area contributed by atoms with Gasteiger partial charge in [-0.25, -0.2) is 8.78 Å². The van der Waals surface area contributed by atoms with Crippen LogP contribution >= 0.6 is 11.8 Å². The topological polar surface area (TPSA) is 20.3 Å². The molecular formula is C16H13F2NOS. The van der Waals surface area contributed by atoms with Crippen LogP contribution in [0, 0.1) is 18.6 Å². The van der Waals surface area contributed by atoms with Gasteiger partial charge in [0.15, 0.2) is 0 Å². The fourth-order valence-electron chi connectivity index (χ4n) is 2.40. The van der Waals surface area contributed by atoms with Crippen molar-refractivity contribution in [2.75, 3.05) is 10.7 Å². The van der Waals surface area contributed by atoms with Crippen molar-refractivity contribution in [3.8, 4) is 0 Å². The van der Waals surface area contributed by atoms with E-state index < -0.39 is 0 Å². The van der Waals surface area contributed by atoms with Gasteiger partial charge in [0.25, 0.3) is 0 Å². The molecule has 0 spiro atoms. The van der Waals surface area contributed by atoms with Crippen LogP contribution in [0.4, 0.5) is 14.5 Å². The van der Waals surface area contributed by atoms with E-state index in [-0.39, 0.29) is 22.9 Å². The lowest BCUT2D eigenvalue weighted by Gasteiger charge is -2.26. The average molecular weight is 305 g/mol. The van der Waals surface area contributed by atoms with Gasteiger partial charge in [0.05, 0.1) is 11.4 Å². The molecule has 1 saturated heterocycles. The van der Waals surface area contributed by atoms with Crippen LogP contribution in [-0.4, -0.2) is 11.7 Å². The first-order valence-electron chi connectivity index (χ1n) is 6.51. The number of carbonyl (C=O) groups is 1. The number of benzene rings is 2. The highest BCUT2D eigenvalue weighted by Gasteiger charge is 2.34. The van der Waals surface area contributed by atoms with E-state index >= 15 is 0 Å². The Balaban J connectivity index is 2.03. The normalized spacial score (nSPS) is 18.3. The molecule has 0 saturated carbocycles. The highest BCUT2D eigenvalue weighted by Crippen LogP contribution is 2.42. The summed E-state index contributed by atoms with van der Waals surface area (Å²) in [5.41, 5.74) is 2.23. The van der Waals surface area contributed by atoms with Gasteiger partial charge in [-0.3, -0.25) is 9.69 Å². The summed E-state index contributed by atoms with van der Waals surface area (Å²) >= 11 is 1.46. The molecule has 1 aliphatic heterocycles. The number of halogens is 2. The van der Waals surface area contributed by atoms with Crippen LogP contribution < -0.4 is 4.90 Å². The molecule has 5 heteroatoms. The standard InChI is InChI=1S/C16H13F2NOS/c1-10-2-5-13(18)8-14(10)19-15(20)9-21-16(19)11-3-6-12(17)7-4-11/h2-8,16H,9H2,1H3. The molecule has 2 nitrogen and oxygen atoms in total. The molecule has 21 heavy (non-hydrogen) atoms. The number of rotatable bonds is 2. The summed E-state index contributed by atoms with van der Waals surface area (Å²) < 4.78 is 26.6. The van der Waals surface area contributed by atoms with Crippen molar-refractivity contribution in [1.29, 1.82) is 0 Å². The van der Waals surface area contributed by atoms with Gasteiger partial charge in [-0.15, -0.1) is 11.8 Å². The molecule has 1 fully saturated rings. The van der Waals surface area contributed by atoms with Gasteiger partial charge in [0.1, 0.15) is 17.0 Å². The highest BCUT2D eigenvalue weighted by molar-refractivity contribution is 8.00. The molecule has 0 bridgehead atoms. The van der Waals surface area contributed by atoms with Crippen LogP contribution in [0.5, 0.6) is 0 Å². The molecule has 1 aliphatic rings. The second-order valence-electron chi connectivity index (χ2n) is 4.91. The van der Waals surface area contributed by atoms with Gasteiger partial charge in [-0.2, -0.15) is 0 Å². The lowest BCUT2D eigenvalue weighted by atomic mass is 10.1. The Kier molecular flexibility index (Phi) is 3.68. The maximum Gasteiger partial charge on any atom is 0.238 e. The zero-order chi connectivity index (χ0) is 15.0. The minimum absolute atomic E-state index is 0.0666. The third kappa shape index (κ3) is 2.65. The van der Waals surface area contributed by atoms with Crippen molar-refractivity contribution in [3.63, 3.8) is 0 Å². The van der Waals surface area contributed by atoms with Gasteiger partial charge in [0.2, 0.25) is 5.91 Å². The number of amides is 1. The summed E-state index contributed by atoms with van der Waals surface area (Å²) in [6.07, 6.45) is 0. The number of anilines is 1. The Morgan fingerprint density at radius 2 is 1.76 bits per heavy atom. The third-order valence-corrected chi connectivity index (χ3v) is 4.67. The van der Waals surface area contributed by atoms with Gasteiger partial charge in [-0.05, 0) is 42.3 Å². The van der Waals surface area contributed by atoms with Crippen LogP contribution in [0.2, 0.25) is 0 Å². The molecule has 0 N–H and O–H groups in total. The zero-order valence-electron chi connectivity index (χ0n) is 11.3. The summed E-state index contributed by atoms with van der Waals surface area (Å²) in [6, 6.07) is 10.5. The molecule has 0 radical (unpaired) electrons. The van der Waals surface area contributed by atoms with Crippen LogP contribution in [0.25, 0.3) is 0 Å². The van der Waals surface area contributed by atoms with Gasteiger partial charge < -0.3 is 0 Å². The van der Waals surface area contributed by atoms with E-state index in [1.54, 1.807) is 23.1 Å². The van der Waals surface area contributed by atoms with E-state index in [4.69, 9.17) is 0 Å². The summed E-state index contributed by atoms with van der Waals surface area (Å²) in [5, 5.41) is -0.251. The smallest absolute Gasteiger partial charge is 0.238 e. The Morgan fingerprint density at radius 1 is 1.10 bits per heavy atom. The molecule has 1 atom stereocenters. The molecule has 2 aromatic carbocycles. The quantitative estimate of drug-likeness (QED) is 0.834. The van der Waals surface area contributed by atoms with E-state index in [1.165, 1.54) is 36.0 Å². The average Bonchev–Trinajstić information content (AvgIpc) is 2.84. The Hall–Kier alpha value is -1.88. The third-order valence-electron chi connectivity index (χ3n) is 3.45. The van der Waals surface area contributed by atoms with Crippen molar-refractivity contribution in [2.45, 2.75) is 12.3 Å². The van der Waals surface area contributed by atoms with Gasteiger partial charge >= 0.3 is 0 Å². The molecule has 0 aliphatic carbocycles. The van der Waals surface area contributed by atoms with Crippen LogP contribution in [0.1, 0.15) is 16.5 Å². The fraction of sp³-hybridized carbons (Fsp3) is 0.188. The van der Waals surface area contributed by atoms with Crippen molar-refractivity contribution in [3.05, 3.63) is 65.2 Å². The molecule has 108 valence electrons. The highest BCUT2D eigenvalue weighted by atomic mass is 32.2. The van der Waals surface area contributed by atoms with E-state index in [2.05, 4.69) is 0 Å². The first kappa shape index (κ1) is 14.1. The van der Waals surface area contributed by atoms with E-state index in [0.29, 0.717) is 11.4 Å². The molecular weight excluding hydrogens is 292 g/mol.